The van der Waals surface area contributed by atoms with Gasteiger partial charge in [-0.1, -0.05) is 32.1 Å². The van der Waals surface area contributed by atoms with Crippen molar-refractivity contribution in [3.8, 4) is 0 Å². The molecule has 0 aliphatic heterocycles. The van der Waals surface area contributed by atoms with Gasteiger partial charge in [0.15, 0.2) is 0 Å². The van der Waals surface area contributed by atoms with Crippen molar-refractivity contribution in [1.82, 2.24) is 0 Å². The van der Waals surface area contributed by atoms with Gasteiger partial charge in [-0.15, -0.1) is 0 Å². The standard InChI is InChI=1S/C10H16O2/c11-10(12)9-6-8(9)7-4-2-1-3-5-7/h7-9H,1-6H2,(H,11,12)/t8-,9+/m1/s1. The first-order valence-electron chi connectivity index (χ1n) is 5.02. The molecule has 2 rings (SSSR count). The molecule has 0 radical (unpaired) electrons. The van der Waals surface area contributed by atoms with Crippen LogP contribution in [-0.4, -0.2) is 11.1 Å². The smallest absolute Gasteiger partial charge is 0.306 e. The van der Waals surface area contributed by atoms with Gasteiger partial charge in [0.2, 0.25) is 0 Å². The summed E-state index contributed by atoms with van der Waals surface area (Å²) in [5.74, 6) is 0.751. The average Bonchev–Trinajstić information content (AvgIpc) is 2.84. The molecule has 0 aromatic rings. The molecule has 0 aromatic carbocycles. The minimum atomic E-state index is -0.564. The van der Waals surface area contributed by atoms with Crippen LogP contribution >= 0.6 is 0 Å². The van der Waals surface area contributed by atoms with Crippen LogP contribution in [0.5, 0.6) is 0 Å². The Morgan fingerprint density at radius 2 is 1.83 bits per heavy atom. The molecule has 2 nitrogen and oxygen atoms in total. The monoisotopic (exact) mass is 168 g/mol. The van der Waals surface area contributed by atoms with Gasteiger partial charge in [0.1, 0.15) is 0 Å². The van der Waals surface area contributed by atoms with Crippen molar-refractivity contribution >= 4 is 5.97 Å². The molecule has 2 atom stereocenters. The number of aliphatic carboxylic acids is 1. The second-order valence-corrected chi connectivity index (χ2v) is 4.24. The van der Waals surface area contributed by atoms with Crippen LogP contribution in [0.25, 0.3) is 0 Å². The molecule has 2 aliphatic rings. The van der Waals surface area contributed by atoms with Crippen molar-refractivity contribution in [2.45, 2.75) is 38.5 Å². The lowest BCUT2D eigenvalue weighted by Crippen LogP contribution is -2.11. The Bertz CT molecular complexity index is 182. The predicted molar refractivity (Wildman–Crippen MR) is 45.8 cm³/mol. The summed E-state index contributed by atoms with van der Waals surface area (Å²) in [5.41, 5.74) is 0. The molecule has 2 saturated carbocycles. The molecule has 0 amide bonds. The zero-order chi connectivity index (χ0) is 8.55. The van der Waals surface area contributed by atoms with Crippen molar-refractivity contribution in [2.75, 3.05) is 0 Å². The lowest BCUT2D eigenvalue weighted by atomic mass is 9.85. The fourth-order valence-electron chi connectivity index (χ4n) is 2.58. The van der Waals surface area contributed by atoms with Crippen molar-refractivity contribution in [3.05, 3.63) is 0 Å². The first-order chi connectivity index (χ1) is 5.79. The Hall–Kier alpha value is -0.530. The van der Waals surface area contributed by atoms with Crippen molar-refractivity contribution < 1.29 is 9.90 Å². The lowest BCUT2D eigenvalue weighted by Gasteiger charge is -2.21. The topological polar surface area (TPSA) is 37.3 Å². The fourth-order valence-corrected chi connectivity index (χ4v) is 2.58. The third kappa shape index (κ3) is 1.47. The van der Waals surface area contributed by atoms with Gasteiger partial charge in [-0.3, -0.25) is 4.79 Å². The highest BCUT2D eigenvalue weighted by molar-refractivity contribution is 5.73. The van der Waals surface area contributed by atoms with Gasteiger partial charge in [-0.2, -0.15) is 0 Å². The van der Waals surface area contributed by atoms with E-state index in [0.717, 1.165) is 12.3 Å². The Morgan fingerprint density at radius 1 is 1.17 bits per heavy atom. The highest BCUT2D eigenvalue weighted by Crippen LogP contribution is 2.49. The van der Waals surface area contributed by atoms with Crippen LogP contribution in [0.15, 0.2) is 0 Å². The number of hydrogen-bond donors (Lipinski definition) is 1. The van der Waals surface area contributed by atoms with Gasteiger partial charge in [-0.05, 0) is 18.3 Å². The Labute approximate surface area is 73.0 Å². The molecular weight excluding hydrogens is 152 g/mol. The van der Waals surface area contributed by atoms with Gasteiger partial charge in [0.05, 0.1) is 5.92 Å². The van der Waals surface area contributed by atoms with E-state index in [4.69, 9.17) is 5.11 Å². The van der Waals surface area contributed by atoms with Gasteiger partial charge >= 0.3 is 5.97 Å². The van der Waals surface area contributed by atoms with Crippen molar-refractivity contribution in [2.24, 2.45) is 17.8 Å². The van der Waals surface area contributed by atoms with E-state index in [-0.39, 0.29) is 5.92 Å². The van der Waals surface area contributed by atoms with Crippen molar-refractivity contribution in [3.63, 3.8) is 0 Å². The second-order valence-electron chi connectivity index (χ2n) is 4.24. The SMILES string of the molecule is O=C(O)[C@H]1C[C@@H]1C1CCCCC1. The molecule has 1 N–H and O–H groups in total. The quantitative estimate of drug-likeness (QED) is 0.686. The molecule has 0 spiro atoms. The Balaban J connectivity index is 1.83. The molecule has 0 aromatic heterocycles. The van der Waals surface area contributed by atoms with Crippen LogP contribution < -0.4 is 0 Å². The highest BCUT2D eigenvalue weighted by atomic mass is 16.4. The molecule has 0 bridgehead atoms. The van der Waals surface area contributed by atoms with Crippen LogP contribution in [0.1, 0.15) is 38.5 Å². The summed E-state index contributed by atoms with van der Waals surface area (Å²) < 4.78 is 0. The Kier molecular flexibility index (Phi) is 2.07. The van der Waals surface area contributed by atoms with Crippen molar-refractivity contribution in [1.29, 1.82) is 0 Å². The number of carboxylic acids is 1. The summed E-state index contributed by atoms with van der Waals surface area (Å²) in [4.78, 5) is 10.6. The number of rotatable bonds is 2. The summed E-state index contributed by atoms with van der Waals surface area (Å²) >= 11 is 0. The molecule has 2 fully saturated rings. The summed E-state index contributed by atoms with van der Waals surface area (Å²) in [6, 6.07) is 0. The van der Waals surface area contributed by atoms with Crippen LogP contribution in [0.2, 0.25) is 0 Å². The van der Waals surface area contributed by atoms with E-state index in [0.29, 0.717) is 5.92 Å². The maximum atomic E-state index is 10.6. The van der Waals surface area contributed by atoms with E-state index in [9.17, 15) is 4.79 Å². The lowest BCUT2D eigenvalue weighted by molar-refractivity contribution is -0.139. The summed E-state index contributed by atoms with van der Waals surface area (Å²) in [6.45, 7) is 0. The van der Waals surface area contributed by atoms with E-state index in [2.05, 4.69) is 0 Å². The minimum Gasteiger partial charge on any atom is -0.481 e. The maximum Gasteiger partial charge on any atom is 0.306 e. The first kappa shape index (κ1) is 8.09. The molecular formula is C10H16O2. The molecule has 2 aliphatic carbocycles. The van der Waals surface area contributed by atoms with E-state index < -0.39 is 5.97 Å². The van der Waals surface area contributed by atoms with Gasteiger partial charge in [0, 0.05) is 0 Å². The minimum absolute atomic E-state index is 0.0214. The normalized spacial score (nSPS) is 36.3. The maximum absolute atomic E-state index is 10.6. The predicted octanol–water partition coefficient (Wildman–Crippen LogP) is 2.29. The molecule has 0 unspecified atom stereocenters. The summed E-state index contributed by atoms with van der Waals surface area (Å²) in [5, 5.41) is 8.75. The Morgan fingerprint density at radius 3 is 2.33 bits per heavy atom. The van der Waals surface area contributed by atoms with Crippen LogP contribution in [-0.2, 0) is 4.79 Å². The summed E-state index contributed by atoms with van der Waals surface area (Å²) in [6.07, 6.45) is 7.55. The molecule has 2 heteroatoms. The third-order valence-corrected chi connectivity index (χ3v) is 3.41. The van der Waals surface area contributed by atoms with Gasteiger partial charge in [-0.25, -0.2) is 0 Å². The molecule has 12 heavy (non-hydrogen) atoms. The number of hydrogen-bond acceptors (Lipinski definition) is 1. The average molecular weight is 168 g/mol. The van der Waals surface area contributed by atoms with E-state index in [1.807, 2.05) is 0 Å². The molecule has 68 valence electrons. The third-order valence-electron chi connectivity index (χ3n) is 3.41. The van der Waals surface area contributed by atoms with Crippen LogP contribution in [0, 0.1) is 17.8 Å². The zero-order valence-corrected chi connectivity index (χ0v) is 7.33. The first-order valence-corrected chi connectivity index (χ1v) is 5.02. The fraction of sp³-hybridized carbons (Fsp3) is 0.900. The van der Waals surface area contributed by atoms with E-state index in [1.165, 1.54) is 32.1 Å². The number of carbonyl (C=O) groups is 1. The highest BCUT2D eigenvalue weighted by Gasteiger charge is 2.47. The van der Waals surface area contributed by atoms with Gasteiger partial charge in [0.25, 0.3) is 0 Å². The number of carboxylic acid groups (broad SMARTS) is 1. The largest absolute Gasteiger partial charge is 0.481 e. The van der Waals surface area contributed by atoms with Crippen LogP contribution in [0.3, 0.4) is 0 Å². The molecule has 0 saturated heterocycles. The van der Waals surface area contributed by atoms with Gasteiger partial charge < -0.3 is 5.11 Å². The summed E-state index contributed by atoms with van der Waals surface area (Å²) in [7, 11) is 0. The molecule has 0 heterocycles. The second kappa shape index (κ2) is 3.08. The van der Waals surface area contributed by atoms with Crippen LogP contribution in [0.4, 0.5) is 0 Å². The zero-order valence-electron chi connectivity index (χ0n) is 7.33. The van der Waals surface area contributed by atoms with E-state index in [1.54, 1.807) is 0 Å². The van der Waals surface area contributed by atoms with E-state index >= 15 is 0 Å².